The van der Waals surface area contributed by atoms with Gasteiger partial charge in [-0.3, -0.25) is 14.9 Å². The molecule has 3 aromatic carbocycles. The van der Waals surface area contributed by atoms with Crippen LogP contribution in [0.3, 0.4) is 0 Å². The Morgan fingerprint density at radius 2 is 1.62 bits per heavy atom. The minimum absolute atomic E-state index is 0.0680. The second-order valence-corrected chi connectivity index (χ2v) is 10.2. The maximum Gasteiger partial charge on any atom is 0.339 e. The van der Waals surface area contributed by atoms with Crippen LogP contribution in [-0.4, -0.2) is 33.4 Å². The van der Waals surface area contributed by atoms with Gasteiger partial charge in [-0.1, -0.05) is 40.9 Å². The molecular formula is C25H18Cl2N2O7S. The van der Waals surface area contributed by atoms with Gasteiger partial charge >= 0.3 is 16.1 Å². The Kier molecular flexibility index (Phi) is 7.26. The first-order chi connectivity index (χ1) is 17.5. The van der Waals surface area contributed by atoms with Crippen molar-refractivity contribution in [3.63, 3.8) is 0 Å². The first-order valence-corrected chi connectivity index (χ1v) is 12.7. The molecule has 1 heterocycles. The smallest absolute Gasteiger partial charge is 0.339 e. The Balaban J connectivity index is 1.76. The van der Waals surface area contributed by atoms with Crippen LogP contribution in [-0.2, 0) is 19.7 Å². The summed E-state index contributed by atoms with van der Waals surface area (Å²) in [5.41, 5.74) is 0.545. The number of nitrogens with one attached hydrogen (secondary N) is 1. The summed E-state index contributed by atoms with van der Waals surface area (Å²) in [6.45, 7) is 1.81. The Hall–Kier alpha value is -3.86. The fraction of sp³-hybridized carbons (Fsp3) is 0.0800. The fourth-order valence-electron chi connectivity index (χ4n) is 3.38. The van der Waals surface area contributed by atoms with Crippen molar-refractivity contribution in [3.8, 4) is 11.5 Å². The number of barbiturate groups is 1. The van der Waals surface area contributed by atoms with Gasteiger partial charge in [0.2, 0.25) is 0 Å². The van der Waals surface area contributed by atoms with Gasteiger partial charge in [0.25, 0.3) is 11.8 Å². The molecule has 1 N–H and O–H groups in total. The molecule has 0 saturated carbocycles. The van der Waals surface area contributed by atoms with Gasteiger partial charge in [0.1, 0.15) is 16.2 Å². The Labute approximate surface area is 222 Å². The topological polar surface area (TPSA) is 119 Å². The zero-order chi connectivity index (χ0) is 26.9. The number of hydrogen-bond donors (Lipinski definition) is 1. The summed E-state index contributed by atoms with van der Waals surface area (Å²) in [6, 6.07) is 13.3. The number of anilines is 1. The summed E-state index contributed by atoms with van der Waals surface area (Å²) in [5, 5.41) is 2.38. The maximum absolute atomic E-state index is 13.2. The van der Waals surface area contributed by atoms with Crippen molar-refractivity contribution in [1.82, 2.24) is 5.32 Å². The quantitative estimate of drug-likeness (QED) is 0.262. The van der Waals surface area contributed by atoms with Crippen molar-refractivity contribution < 1.29 is 31.7 Å². The standard InChI is InChI=1S/C25H18Cl2N2O7S/c1-14-3-8-18(9-4-14)37(33,34)36-22-13-17(35-2)7-5-15(22)11-19-23(30)28-25(32)29(24(19)31)16-6-10-20(26)21(27)12-16/h3-13H,1-2H3,(H,28,30,32)/b19-11+. The van der Waals surface area contributed by atoms with E-state index in [1.165, 1.54) is 55.6 Å². The van der Waals surface area contributed by atoms with Crippen LogP contribution >= 0.6 is 23.2 Å². The number of imide groups is 2. The highest BCUT2D eigenvalue weighted by Gasteiger charge is 2.37. The molecule has 190 valence electrons. The number of benzene rings is 3. The van der Waals surface area contributed by atoms with E-state index in [4.69, 9.17) is 32.1 Å². The highest BCUT2D eigenvalue weighted by atomic mass is 35.5. The molecule has 12 heteroatoms. The van der Waals surface area contributed by atoms with E-state index >= 15 is 0 Å². The predicted octanol–water partition coefficient (Wildman–Crippen LogP) is 4.74. The largest absolute Gasteiger partial charge is 0.497 e. The van der Waals surface area contributed by atoms with E-state index in [1.54, 1.807) is 12.1 Å². The molecule has 0 atom stereocenters. The average Bonchev–Trinajstić information content (AvgIpc) is 2.84. The van der Waals surface area contributed by atoms with Gasteiger partial charge in [-0.15, -0.1) is 0 Å². The minimum Gasteiger partial charge on any atom is -0.497 e. The lowest BCUT2D eigenvalue weighted by Gasteiger charge is -2.26. The molecule has 1 saturated heterocycles. The third-order valence-electron chi connectivity index (χ3n) is 5.29. The number of amides is 4. The predicted molar refractivity (Wildman–Crippen MR) is 137 cm³/mol. The summed E-state index contributed by atoms with van der Waals surface area (Å²) >= 11 is 11.9. The van der Waals surface area contributed by atoms with Gasteiger partial charge in [-0.2, -0.15) is 8.42 Å². The second-order valence-electron chi connectivity index (χ2n) is 7.81. The van der Waals surface area contributed by atoms with Crippen molar-refractivity contribution in [2.45, 2.75) is 11.8 Å². The van der Waals surface area contributed by atoms with Crippen molar-refractivity contribution in [2.24, 2.45) is 0 Å². The summed E-state index contributed by atoms with van der Waals surface area (Å²) in [5.74, 6) is -1.88. The molecule has 4 rings (SSSR count). The highest BCUT2D eigenvalue weighted by molar-refractivity contribution is 7.87. The summed E-state index contributed by atoms with van der Waals surface area (Å²) < 4.78 is 36.4. The lowest BCUT2D eigenvalue weighted by Crippen LogP contribution is -2.54. The number of urea groups is 1. The molecular weight excluding hydrogens is 543 g/mol. The van der Waals surface area contributed by atoms with Crippen LogP contribution in [0.1, 0.15) is 11.1 Å². The van der Waals surface area contributed by atoms with E-state index in [0.717, 1.165) is 11.6 Å². The number of carbonyl (C=O) groups excluding carboxylic acids is 3. The number of aryl methyl sites for hydroxylation is 1. The van der Waals surface area contributed by atoms with E-state index < -0.39 is 33.5 Å². The van der Waals surface area contributed by atoms with Crippen LogP contribution in [0.25, 0.3) is 6.08 Å². The first kappa shape index (κ1) is 26.2. The fourth-order valence-corrected chi connectivity index (χ4v) is 4.61. The van der Waals surface area contributed by atoms with Gasteiger partial charge in [-0.05, 0) is 55.5 Å². The summed E-state index contributed by atoms with van der Waals surface area (Å²) in [7, 11) is -2.90. The second kappa shape index (κ2) is 10.3. The Morgan fingerprint density at radius 1 is 0.919 bits per heavy atom. The van der Waals surface area contributed by atoms with Gasteiger partial charge in [0, 0.05) is 11.6 Å². The lowest BCUT2D eigenvalue weighted by atomic mass is 10.1. The molecule has 3 aromatic rings. The summed E-state index contributed by atoms with van der Waals surface area (Å²) in [6.07, 6.45) is 1.12. The number of ether oxygens (including phenoxy) is 1. The molecule has 9 nitrogen and oxygen atoms in total. The van der Waals surface area contributed by atoms with E-state index in [-0.39, 0.29) is 37.7 Å². The third kappa shape index (κ3) is 5.46. The van der Waals surface area contributed by atoms with Gasteiger partial charge < -0.3 is 8.92 Å². The molecule has 0 radical (unpaired) electrons. The third-order valence-corrected chi connectivity index (χ3v) is 7.28. The molecule has 0 aliphatic carbocycles. The number of methoxy groups -OCH3 is 1. The van der Waals surface area contributed by atoms with Gasteiger partial charge in [0.05, 0.1) is 22.8 Å². The molecule has 4 amide bonds. The summed E-state index contributed by atoms with van der Waals surface area (Å²) in [4.78, 5) is 38.9. The number of rotatable bonds is 6. The molecule has 0 aromatic heterocycles. The van der Waals surface area contributed by atoms with Crippen molar-refractivity contribution >= 4 is 62.9 Å². The van der Waals surface area contributed by atoms with E-state index in [0.29, 0.717) is 4.90 Å². The Bertz CT molecular complexity index is 1570. The number of nitrogens with zero attached hydrogens (tertiary/aromatic N) is 1. The van der Waals surface area contributed by atoms with E-state index in [2.05, 4.69) is 5.32 Å². The lowest BCUT2D eigenvalue weighted by molar-refractivity contribution is -0.122. The van der Waals surface area contributed by atoms with Gasteiger partial charge in [-0.25, -0.2) is 9.69 Å². The number of carbonyl (C=O) groups is 3. The minimum atomic E-state index is -4.28. The molecule has 1 aliphatic heterocycles. The highest BCUT2D eigenvalue weighted by Crippen LogP contribution is 2.32. The number of halogens is 2. The maximum atomic E-state index is 13.2. The molecule has 1 aliphatic rings. The molecule has 0 unspecified atom stereocenters. The molecule has 1 fully saturated rings. The van der Waals surface area contributed by atoms with Crippen LogP contribution in [0.4, 0.5) is 10.5 Å². The zero-order valence-corrected chi connectivity index (χ0v) is 21.6. The normalized spacial score (nSPS) is 15.1. The monoisotopic (exact) mass is 560 g/mol. The Morgan fingerprint density at radius 3 is 2.27 bits per heavy atom. The number of hydrogen-bond acceptors (Lipinski definition) is 7. The van der Waals surface area contributed by atoms with Crippen LogP contribution < -0.4 is 19.1 Å². The van der Waals surface area contributed by atoms with Crippen LogP contribution in [0.15, 0.2) is 71.1 Å². The van der Waals surface area contributed by atoms with E-state index in [1.807, 2.05) is 6.92 Å². The van der Waals surface area contributed by atoms with Crippen LogP contribution in [0.2, 0.25) is 10.0 Å². The van der Waals surface area contributed by atoms with Crippen molar-refractivity contribution in [2.75, 3.05) is 12.0 Å². The van der Waals surface area contributed by atoms with Crippen LogP contribution in [0, 0.1) is 6.92 Å². The van der Waals surface area contributed by atoms with Crippen LogP contribution in [0.5, 0.6) is 11.5 Å². The van der Waals surface area contributed by atoms with Crippen molar-refractivity contribution in [3.05, 3.63) is 87.4 Å². The SMILES string of the molecule is COc1ccc(/C=C2\C(=O)NC(=O)N(c3ccc(Cl)c(Cl)c3)C2=O)c(OS(=O)(=O)c2ccc(C)cc2)c1. The average molecular weight is 561 g/mol. The zero-order valence-electron chi connectivity index (χ0n) is 19.3. The first-order valence-electron chi connectivity index (χ1n) is 10.6. The van der Waals surface area contributed by atoms with Gasteiger partial charge in [0.15, 0.2) is 5.75 Å². The molecule has 0 spiro atoms. The molecule has 0 bridgehead atoms. The molecule has 37 heavy (non-hydrogen) atoms. The van der Waals surface area contributed by atoms with E-state index in [9.17, 15) is 22.8 Å². The van der Waals surface area contributed by atoms with Crippen molar-refractivity contribution in [1.29, 1.82) is 0 Å².